The molecular formula is C27H31Cl2NO3. The van der Waals surface area contributed by atoms with Gasteiger partial charge in [0.25, 0.3) is 5.24 Å². The minimum atomic E-state index is -0.466. The monoisotopic (exact) mass is 487 g/mol. The zero-order valence-electron chi connectivity index (χ0n) is 19.1. The molecule has 0 bridgehead atoms. The molecule has 1 saturated carbocycles. The molecule has 0 amide bonds. The number of benzene rings is 2. The fourth-order valence-electron chi connectivity index (χ4n) is 5.03. The number of halogens is 2. The van der Waals surface area contributed by atoms with Crippen LogP contribution in [0.3, 0.4) is 0 Å². The summed E-state index contributed by atoms with van der Waals surface area (Å²) >= 11 is 12.2. The van der Waals surface area contributed by atoms with Gasteiger partial charge in [0.05, 0.1) is 18.4 Å². The largest absolute Gasteiger partial charge is 0.491 e. The van der Waals surface area contributed by atoms with Gasteiger partial charge in [0.2, 0.25) is 0 Å². The second kappa shape index (κ2) is 10.9. The van der Waals surface area contributed by atoms with E-state index in [1.807, 2.05) is 24.3 Å². The molecule has 2 aliphatic rings. The highest BCUT2D eigenvalue weighted by Gasteiger charge is 2.37. The number of anilines is 1. The molecule has 0 saturated heterocycles. The summed E-state index contributed by atoms with van der Waals surface area (Å²) in [5, 5.41) is 0.293. The number of methoxy groups -OCH3 is 1. The maximum Gasteiger partial charge on any atom is 0.252 e. The van der Waals surface area contributed by atoms with Crippen LogP contribution in [0.2, 0.25) is 5.02 Å². The lowest BCUT2D eigenvalue weighted by molar-refractivity contribution is 0.0137. The van der Waals surface area contributed by atoms with Gasteiger partial charge in [0.1, 0.15) is 5.75 Å². The van der Waals surface area contributed by atoms with Gasteiger partial charge >= 0.3 is 0 Å². The third-order valence-corrected chi connectivity index (χ3v) is 7.47. The van der Waals surface area contributed by atoms with Crippen LogP contribution in [0.5, 0.6) is 5.75 Å². The number of carbonyl (C=O) groups excluding carboxylic acids is 1. The van der Waals surface area contributed by atoms with Crippen LogP contribution >= 0.6 is 23.2 Å². The smallest absolute Gasteiger partial charge is 0.252 e. The van der Waals surface area contributed by atoms with E-state index in [0.29, 0.717) is 30.6 Å². The summed E-state index contributed by atoms with van der Waals surface area (Å²) in [6.07, 6.45) is 7.14. The fourth-order valence-corrected chi connectivity index (χ4v) is 5.34. The number of ether oxygens (including phenoxy) is 2. The van der Waals surface area contributed by atoms with Crippen LogP contribution in [-0.4, -0.2) is 31.6 Å². The number of hydrogen-bond donors (Lipinski definition) is 0. The number of fused-ring (bicyclic) bond motifs is 2. The van der Waals surface area contributed by atoms with Crippen molar-refractivity contribution in [3.8, 4) is 5.75 Å². The van der Waals surface area contributed by atoms with E-state index < -0.39 is 5.24 Å². The molecule has 1 heterocycles. The summed E-state index contributed by atoms with van der Waals surface area (Å²) in [4.78, 5) is 14.3. The Labute approximate surface area is 206 Å². The van der Waals surface area contributed by atoms with Gasteiger partial charge < -0.3 is 14.4 Å². The normalized spacial score (nSPS) is 21.5. The van der Waals surface area contributed by atoms with Crippen molar-refractivity contribution in [2.24, 2.45) is 11.8 Å². The number of hydrogen-bond acceptors (Lipinski definition) is 4. The maximum absolute atomic E-state index is 12.0. The van der Waals surface area contributed by atoms with E-state index in [1.54, 1.807) is 13.2 Å². The molecule has 0 N–H and O–H groups in total. The first-order valence-electron chi connectivity index (χ1n) is 11.6. The van der Waals surface area contributed by atoms with Crippen LogP contribution in [0, 0.1) is 11.8 Å². The van der Waals surface area contributed by atoms with E-state index >= 15 is 0 Å². The molecule has 1 aliphatic heterocycles. The standard InChI is InChI=1S/C27H31Cl2NO3/c1-3-25(32-2)23-11-8-21(23)17-30-16-20-7-10-22(28)14-18(20)6-4-5-13-33-26-12-9-19(27(29)31)15-24(26)30/h3,7,9-10,12,14-15,21,23,25H,1,4-6,8,11,13,16-17H2,2H3/t21-,23+,25-/m0/s1. The Morgan fingerprint density at radius 1 is 1.24 bits per heavy atom. The van der Waals surface area contributed by atoms with Crippen molar-refractivity contribution in [2.45, 2.75) is 44.8 Å². The van der Waals surface area contributed by atoms with Gasteiger partial charge in [-0.15, -0.1) is 6.58 Å². The molecule has 33 heavy (non-hydrogen) atoms. The summed E-state index contributed by atoms with van der Waals surface area (Å²) < 4.78 is 11.9. The zero-order chi connectivity index (χ0) is 23.4. The average Bonchev–Trinajstić information content (AvgIpc) is 2.82. The van der Waals surface area contributed by atoms with E-state index in [-0.39, 0.29) is 6.10 Å². The molecule has 2 aromatic rings. The summed E-state index contributed by atoms with van der Waals surface area (Å²) in [5.41, 5.74) is 3.90. The van der Waals surface area contributed by atoms with Gasteiger partial charge in [-0.05, 0) is 97.0 Å². The number of aryl methyl sites for hydroxylation is 1. The van der Waals surface area contributed by atoms with Crippen molar-refractivity contribution in [2.75, 3.05) is 25.2 Å². The quantitative estimate of drug-likeness (QED) is 0.336. The van der Waals surface area contributed by atoms with Crippen molar-refractivity contribution in [3.63, 3.8) is 0 Å². The molecular weight excluding hydrogens is 457 g/mol. The predicted octanol–water partition coefficient (Wildman–Crippen LogP) is 6.67. The van der Waals surface area contributed by atoms with Crippen LogP contribution < -0.4 is 9.64 Å². The van der Waals surface area contributed by atoms with E-state index in [1.165, 1.54) is 11.1 Å². The zero-order valence-corrected chi connectivity index (χ0v) is 20.6. The van der Waals surface area contributed by atoms with E-state index in [9.17, 15) is 4.79 Å². The molecule has 0 aromatic heterocycles. The third kappa shape index (κ3) is 5.56. The van der Waals surface area contributed by atoms with E-state index in [2.05, 4.69) is 23.6 Å². The van der Waals surface area contributed by atoms with Gasteiger partial charge in [0.15, 0.2) is 0 Å². The Morgan fingerprint density at radius 3 is 2.79 bits per heavy atom. The van der Waals surface area contributed by atoms with Gasteiger partial charge in [-0.25, -0.2) is 0 Å². The lowest BCUT2D eigenvalue weighted by Gasteiger charge is -2.43. The van der Waals surface area contributed by atoms with Crippen molar-refractivity contribution in [1.82, 2.24) is 0 Å². The highest BCUT2D eigenvalue weighted by molar-refractivity contribution is 6.67. The number of carbonyl (C=O) groups is 1. The molecule has 6 heteroatoms. The Bertz CT molecular complexity index is 1010. The second-order valence-electron chi connectivity index (χ2n) is 8.99. The maximum atomic E-state index is 12.0. The van der Waals surface area contributed by atoms with Crippen molar-refractivity contribution in [1.29, 1.82) is 0 Å². The first-order valence-corrected chi connectivity index (χ1v) is 12.4. The van der Waals surface area contributed by atoms with Crippen LogP contribution in [0.1, 0.15) is 47.2 Å². The van der Waals surface area contributed by atoms with Gasteiger partial charge in [-0.3, -0.25) is 4.79 Å². The Morgan fingerprint density at radius 2 is 2.09 bits per heavy atom. The Hall–Kier alpha value is -2.01. The van der Waals surface area contributed by atoms with E-state index in [0.717, 1.165) is 55.1 Å². The second-order valence-corrected chi connectivity index (χ2v) is 9.77. The minimum absolute atomic E-state index is 0.0465. The molecule has 4 rings (SSSR count). The molecule has 0 spiro atoms. The van der Waals surface area contributed by atoms with Crippen LogP contribution in [0.4, 0.5) is 5.69 Å². The highest BCUT2D eigenvalue weighted by atomic mass is 35.5. The van der Waals surface area contributed by atoms with Gasteiger partial charge in [-0.1, -0.05) is 23.7 Å². The summed E-state index contributed by atoms with van der Waals surface area (Å²) in [6, 6.07) is 11.6. The molecule has 4 nitrogen and oxygen atoms in total. The van der Waals surface area contributed by atoms with Gasteiger partial charge in [0, 0.05) is 30.8 Å². The first-order chi connectivity index (χ1) is 16.0. The minimum Gasteiger partial charge on any atom is -0.491 e. The van der Waals surface area contributed by atoms with Crippen LogP contribution in [-0.2, 0) is 17.7 Å². The topological polar surface area (TPSA) is 38.8 Å². The lowest BCUT2D eigenvalue weighted by Crippen LogP contribution is -2.43. The Balaban J connectivity index is 1.74. The summed E-state index contributed by atoms with van der Waals surface area (Å²) in [6.45, 7) is 6.12. The number of rotatable bonds is 6. The van der Waals surface area contributed by atoms with Crippen LogP contribution in [0.25, 0.3) is 0 Å². The molecule has 3 atom stereocenters. The Kier molecular flexibility index (Phi) is 8.00. The number of nitrogens with zero attached hydrogens (tertiary/aromatic N) is 1. The SMILES string of the molecule is C=C[C@H](OC)[C@@H]1CC[C@H]1CN1Cc2ccc(Cl)cc2CCCCOc2ccc(C(=O)Cl)cc21. The third-order valence-electron chi connectivity index (χ3n) is 7.01. The van der Waals surface area contributed by atoms with Crippen molar-refractivity contribution < 1.29 is 14.3 Å². The molecule has 176 valence electrons. The molecule has 0 unspecified atom stereocenters. The summed E-state index contributed by atoms with van der Waals surface area (Å²) in [5.74, 6) is 1.67. The fraction of sp³-hybridized carbons (Fsp3) is 0.444. The van der Waals surface area contributed by atoms with Gasteiger partial charge in [-0.2, -0.15) is 0 Å². The molecule has 2 aromatic carbocycles. The van der Waals surface area contributed by atoms with E-state index in [4.69, 9.17) is 32.7 Å². The molecule has 1 aliphatic carbocycles. The van der Waals surface area contributed by atoms with Crippen molar-refractivity contribution >= 4 is 34.1 Å². The molecule has 1 fully saturated rings. The summed E-state index contributed by atoms with van der Waals surface area (Å²) in [7, 11) is 1.75. The van der Waals surface area contributed by atoms with Crippen LogP contribution in [0.15, 0.2) is 49.1 Å². The molecule has 0 radical (unpaired) electrons. The predicted molar refractivity (Wildman–Crippen MR) is 135 cm³/mol. The lowest BCUT2D eigenvalue weighted by atomic mass is 9.70. The van der Waals surface area contributed by atoms with Crippen molar-refractivity contribution in [3.05, 3.63) is 70.8 Å². The first kappa shape index (κ1) is 24.1. The highest BCUT2D eigenvalue weighted by Crippen LogP contribution is 2.41. The average molecular weight is 488 g/mol.